The molecule has 0 fully saturated rings. The molecular weight excluding hydrogens is 514 g/mol. The first kappa shape index (κ1) is 26.5. The molecule has 0 aliphatic heterocycles. The van der Waals surface area contributed by atoms with Crippen LogP contribution in [0.3, 0.4) is 0 Å². The van der Waals surface area contributed by atoms with Crippen LogP contribution in [-0.2, 0) is 14.3 Å². The Morgan fingerprint density at radius 3 is 2.30 bits per heavy atom. The quantitative estimate of drug-likeness (QED) is 0.371. The minimum atomic E-state index is -0.676. The summed E-state index contributed by atoms with van der Waals surface area (Å²) in [6.07, 6.45) is 0.0836. The van der Waals surface area contributed by atoms with E-state index in [0.29, 0.717) is 35.2 Å². The number of nitrogens with one attached hydrogen (secondary N) is 3. The molecule has 2 rings (SSSR count). The van der Waals surface area contributed by atoms with Crippen LogP contribution in [0.2, 0.25) is 5.02 Å². The van der Waals surface area contributed by atoms with Crippen molar-refractivity contribution in [1.29, 1.82) is 0 Å². The van der Waals surface area contributed by atoms with E-state index in [1.54, 1.807) is 57.2 Å². The number of carbonyl (C=O) groups is 3. The summed E-state index contributed by atoms with van der Waals surface area (Å²) in [5.41, 5.74) is 0.373. The SMILES string of the molecule is CC(C)(C)OC(=O)NCC(=O)Nc1cccc(NC(=O)CCCOc2ccc(Br)cc2Cl)c1. The highest BCUT2D eigenvalue weighted by Crippen LogP contribution is 2.27. The van der Waals surface area contributed by atoms with Crippen molar-refractivity contribution >= 4 is 56.8 Å². The van der Waals surface area contributed by atoms with Crippen LogP contribution in [0, 0.1) is 0 Å². The second kappa shape index (κ2) is 12.5. The van der Waals surface area contributed by atoms with Gasteiger partial charge in [0, 0.05) is 22.3 Å². The number of ether oxygens (including phenoxy) is 2. The topological polar surface area (TPSA) is 106 Å². The number of anilines is 2. The Labute approximate surface area is 206 Å². The van der Waals surface area contributed by atoms with E-state index in [1.807, 2.05) is 6.07 Å². The van der Waals surface area contributed by atoms with Crippen LogP contribution in [-0.4, -0.2) is 36.7 Å². The number of carbonyl (C=O) groups excluding carboxylic acids is 3. The summed E-state index contributed by atoms with van der Waals surface area (Å²) in [5.74, 6) is -0.0477. The molecule has 3 amide bonds. The highest BCUT2D eigenvalue weighted by Gasteiger charge is 2.16. The zero-order chi connectivity index (χ0) is 24.4. The number of halogens is 2. The molecule has 0 aliphatic rings. The molecule has 2 aromatic carbocycles. The van der Waals surface area contributed by atoms with Gasteiger partial charge in [0.05, 0.1) is 11.6 Å². The molecule has 0 aromatic heterocycles. The van der Waals surface area contributed by atoms with Crippen LogP contribution >= 0.6 is 27.5 Å². The predicted molar refractivity (Wildman–Crippen MR) is 132 cm³/mol. The lowest BCUT2D eigenvalue weighted by Gasteiger charge is -2.19. The first-order valence-corrected chi connectivity index (χ1v) is 11.4. The second-order valence-electron chi connectivity index (χ2n) is 8.06. The van der Waals surface area contributed by atoms with Crippen LogP contribution in [0.1, 0.15) is 33.6 Å². The average Bonchev–Trinajstić information content (AvgIpc) is 2.70. The second-order valence-corrected chi connectivity index (χ2v) is 9.38. The average molecular weight is 541 g/mol. The van der Waals surface area contributed by atoms with Gasteiger partial charge in [0.2, 0.25) is 11.8 Å². The van der Waals surface area contributed by atoms with Crippen molar-refractivity contribution in [3.8, 4) is 5.75 Å². The summed E-state index contributed by atoms with van der Waals surface area (Å²) in [5, 5.41) is 8.32. The molecule has 3 N–H and O–H groups in total. The number of benzene rings is 2. The summed E-state index contributed by atoms with van der Waals surface area (Å²) in [7, 11) is 0. The molecule has 33 heavy (non-hydrogen) atoms. The third-order valence-corrected chi connectivity index (χ3v) is 4.71. The predicted octanol–water partition coefficient (Wildman–Crippen LogP) is 5.36. The summed E-state index contributed by atoms with van der Waals surface area (Å²) in [6, 6.07) is 12.0. The molecular formula is C23H27BrClN3O5. The van der Waals surface area contributed by atoms with Gasteiger partial charge in [0.1, 0.15) is 17.9 Å². The lowest BCUT2D eigenvalue weighted by molar-refractivity contribution is -0.116. The van der Waals surface area contributed by atoms with Gasteiger partial charge >= 0.3 is 6.09 Å². The van der Waals surface area contributed by atoms with E-state index in [-0.39, 0.29) is 18.9 Å². The summed E-state index contributed by atoms with van der Waals surface area (Å²) >= 11 is 9.43. The number of hydrogen-bond donors (Lipinski definition) is 3. The van der Waals surface area contributed by atoms with Gasteiger partial charge < -0.3 is 25.4 Å². The van der Waals surface area contributed by atoms with Crippen LogP contribution in [0.15, 0.2) is 46.9 Å². The first-order valence-electron chi connectivity index (χ1n) is 10.3. The van der Waals surface area contributed by atoms with Crippen molar-refractivity contribution < 1.29 is 23.9 Å². The zero-order valence-corrected chi connectivity index (χ0v) is 21.0. The van der Waals surface area contributed by atoms with E-state index in [0.717, 1.165) is 4.47 Å². The van der Waals surface area contributed by atoms with Gasteiger partial charge in [-0.3, -0.25) is 9.59 Å². The monoisotopic (exact) mass is 539 g/mol. The molecule has 0 spiro atoms. The van der Waals surface area contributed by atoms with Crippen molar-refractivity contribution in [2.45, 2.75) is 39.2 Å². The zero-order valence-electron chi connectivity index (χ0n) is 18.7. The van der Waals surface area contributed by atoms with Gasteiger partial charge in [-0.1, -0.05) is 33.6 Å². The number of alkyl carbamates (subject to hydrolysis) is 1. The molecule has 0 heterocycles. The van der Waals surface area contributed by atoms with E-state index < -0.39 is 17.6 Å². The number of hydrogen-bond acceptors (Lipinski definition) is 5. The Hall–Kier alpha value is -2.78. The van der Waals surface area contributed by atoms with Crippen molar-refractivity contribution in [1.82, 2.24) is 5.32 Å². The fourth-order valence-corrected chi connectivity index (χ4v) is 3.31. The lowest BCUT2D eigenvalue weighted by atomic mass is 10.2. The Kier molecular flexibility index (Phi) is 9.99. The first-order chi connectivity index (χ1) is 15.5. The summed E-state index contributed by atoms with van der Waals surface area (Å²) < 4.78 is 11.5. The van der Waals surface area contributed by atoms with Gasteiger partial charge in [-0.25, -0.2) is 4.79 Å². The van der Waals surface area contributed by atoms with Crippen molar-refractivity contribution in [2.75, 3.05) is 23.8 Å². The van der Waals surface area contributed by atoms with E-state index in [1.165, 1.54) is 0 Å². The maximum Gasteiger partial charge on any atom is 0.408 e. The van der Waals surface area contributed by atoms with Gasteiger partial charge in [-0.2, -0.15) is 0 Å². The third kappa shape index (κ3) is 10.6. The van der Waals surface area contributed by atoms with E-state index >= 15 is 0 Å². The molecule has 0 radical (unpaired) electrons. The molecule has 2 aromatic rings. The summed E-state index contributed by atoms with van der Waals surface area (Å²) in [6.45, 7) is 5.30. The van der Waals surface area contributed by atoms with E-state index in [4.69, 9.17) is 21.1 Å². The Balaban J connectivity index is 1.74. The molecule has 0 saturated carbocycles. The van der Waals surface area contributed by atoms with Gasteiger partial charge in [0.25, 0.3) is 0 Å². The minimum Gasteiger partial charge on any atom is -0.492 e. The highest BCUT2D eigenvalue weighted by atomic mass is 79.9. The Morgan fingerprint density at radius 1 is 1.00 bits per heavy atom. The molecule has 0 atom stereocenters. The van der Waals surface area contributed by atoms with Crippen LogP contribution in [0.25, 0.3) is 0 Å². The van der Waals surface area contributed by atoms with Crippen molar-refractivity contribution in [3.63, 3.8) is 0 Å². The van der Waals surface area contributed by atoms with Crippen molar-refractivity contribution in [3.05, 3.63) is 52.0 Å². The Bertz CT molecular complexity index is 994. The smallest absolute Gasteiger partial charge is 0.408 e. The van der Waals surface area contributed by atoms with Crippen LogP contribution < -0.4 is 20.7 Å². The highest BCUT2D eigenvalue weighted by molar-refractivity contribution is 9.10. The molecule has 0 aliphatic carbocycles. The fraction of sp³-hybridized carbons (Fsp3) is 0.348. The normalized spacial score (nSPS) is 10.8. The van der Waals surface area contributed by atoms with E-state index in [2.05, 4.69) is 31.9 Å². The molecule has 8 nitrogen and oxygen atoms in total. The van der Waals surface area contributed by atoms with Crippen LogP contribution in [0.5, 0.6) is 5.75 Å². The van der Waals surface area contributed by atoms with Gasteiger partial charge in [0.15, 0.2) is 0 Å². The number of rotatable bonds is 9. The standard InChI is InChI=1S/C23H27BrClN3O5/c1-23(2,3)33-22(31)26-14-21(30)28-17-7-4-6-16(13-17)27-20(29)8-5-11-32-19-10-9-15(24)12-18(19)25/h4,6-7,9-10,12-13H,5,8,11,14H2,1-3H3,(H,26,31)(H,27,29)(H,28,30). The lowest BCUT2D eigenvalue weighted by Crippen LogP contribution is -2.37. The summed E-state index contributed by atoms with van der Waals surface area (Å²) in [4.78, 5) is 35.9. The number of amides is 3. The largest absolute Gasteiger partial charge is 0.492 e. The van der Waals surface area contributed by atoms with Crippen molar-refractivity contribution in [2.24, 2.45) is 0 Å². The third-order valence-electron chi connectivity index (χ3n) is 3.92. The molecule has 0 unspecified atom stereocenters. The molecule has 0 bridgehead atoms. The van der Waals surface area contributed by atoms with E-state index in [9.17, 15) is 14.4 Å². The maximum atomic E-state index is 12.2. The van der Waals surface area contributed by atoms with Crippen LogP contribution in [0.4, 0.5) is 16.2 Å². The van der Waals surface area contributed by atoms with Gasteiger partial charge in [-0.15, -0.1) is 0 Å². The fourth-order valence-electron chi connectivity index (χ4n) is 2.58. The Morgan fingerprint density at radius 2 is 1.67 bits per heavy atom. The molecule has 0 saturated heterocycles. The minimum absolute atomic E-state index is 0.185. The van der Waals surface area contributed by atoms with Gasteiger partial charge in [-0.05, 0) is 63.6 Å². The maximum absolute atomic E-state index is 12.2. The molecule has 10 heteroatoms. The molecule has 178 valence electrons.